The molecule has 0 aliphatic carbocycles. The van der Waals surface area contributed by atoms with Crippen LogP contribution in [0.25, 0.3) is 0 Å². The molecule has 3 aliphatic heterocycles. The minimum atomic E-state index is -0.810. The molecule has 3 heterocycles. The number of hydrogen-bond acceptors (Lipinski definition) is 7. The standard InChI is InChI=1S/C28H28F2N4O3S/c1-3-37-27(36)25-18(2)31-28-34(26(25)20-8-4-5-9-21(20)29)19(17-38-28)16-24(35)33-14-12-32(13-15-33)23-11-7-6-10-22(23)30/h4-11,17,26H,3,12-16H2,1-2H3/t26-/m0/s1. The number of nitrogens with zero attached hydrogens (tertiary/aromatic N) is 4. The van der Waals surface area contributed by atoms with E-state index >= 15 is 4.39 Å². The molecule has 3 aliphatic rings. The summed E-state index contributed by atoms with van der Waals surface area (Å²) in [5.41, 5.74) is 2.19. The summed E-state index contributed by atoms with van der Waals surface area (Å²) in [6.07, 6.45) is 0.0613. The molecule has 0 saturated carbocycles. The number of fused-ring (bicyclic) bond motifs is 1. The minimum Gasteiger partial charge on any atom is -0.463 e. The molecule has 0 radical (unpaired) electrons. The van der Waals surface area contributed by atoms with Gasteiger partial charge in [-0.3, -0.25) is 4.79 Å². The fourth-order valence-electron chi connectivity index (χ4n) is 5.00. The van der Waals surface area contributed by atoms with Crippen molar-refractivity contribution in [1.82, 2.24) is 9.80 Å². The van der Waals surface area contributed by atoms with Crippen molar-refractivity contribution < 1.29 is 23.1 Å². The Labute approximate surface area is 224 Å². The summed E-state index contributed by atoms with van der Waals surface area (Å²) < 4.78 is 34.6. The van der Waals surface area contributed by atoms with E-state index in [1.807, 2.05) is 10.3 Å². The fraction of sp³-hybridized carbons (Fsp3) is 0.321. The number of amides is 1. The van der Waals surface area contributed by atoms with Crippen molar-refractivity contribution in [3.05, 3.63) is 88.1 Å². The molecule has 1 atom stereocenters. The summed E-state index contributed by atoms with van der Waals surface area (Å²) >= 11 is 1.34. The van der Waals surface area contributed by atoms with Gasteiger partial charge in [0.25, 0.3) is 0 Å². The topological polar surface area (TPSA) is 65.5 Å². The Morgan fingerprint density at radius 2 is 1.71 bits per heavy atom. The maximum absolute atomic E-state index is 15.1. The number of esters is 1. The Bertz CT molecular complexity index is 1350. The quantitative estimate of drug-likeness (QED) is 0.491. The van der Waals surface area contributed by atoms with Crippen molar-refractivity contribution in [3.8, 4) is 0 Å². The Morgan fingerprint density at radius 1 is 1.03 bits per heavy atom. The summed E-state index contributed by atoms with van der Waals surface area (Å²) in [5, 5.41) is 2.41. The maximum Gasteiger partial charge on any atom is 0.338 e. The first-order valence-corrected chi connectivity index (χ1v) is 13.4. The van der Waals surface area contributed by atoms with Gasteiger partial charge in [0.1, 0.15) is 11.6 Å². The lowest BCUT2D eigenvalue weighted by molar-refractivity contribution is -0.139. The predicted molar refractivity (Wildman–Crippen MR) is 143 cm³/mol. The second-order valence-corrected chi connectivity index (χ2v) is 9.97. The molecule has 1 amide bonds. The monoisotopic (exact) mass is 538 g/mol. The third kappa shape index (κ3) is 4.92. The van der Waals surface area contributed by atoms with E-state index < -0.39 is 17.8 Å². The lowest BCUT2D eigenvalue weighted by atomic mass is 9.93. The molecular weight excluding hydrogens is 510 g/mol. The number of carbonyl (C=O) groups is 2. The number of allylic oxidation sites excluding steroid dienone is 1. The van der Waals surface area contributed by atoms with Crippen molar-refractivity contribution in [1.29, 1.82) is 0 Å². The fourth-order valence-corrected chi connectivity index (χ4v) is 5.97. The molecule has 1 fully saturated rings. The number of para-hydroxylation sites is 1. The number of ether oxygens (including phenoxy) is 1. The Kier molecular flexibility index (Phi) is 7.51. The average molecular weight is 539 g/mol. The number of thioether (sulfide) groups is 1. The van der Waals surface area contributed by atoms with Crippen LogP contribution in [0, 0.1) is 11.6 Å². The van der Waals surface area contributed by atoms with Gasteiger partial charge in [0, 0.05) is 37.4 Å². The van der Waals surface area contributed by atoms with Crippen LogP contribution in [0.5, 0.6) is 0 Å². The van der Waals surface area contributed by atoms with E-state index in [0.717, 1.165) is 0 Å². The zero-order chi connectivity index (χ0) is 26.8. The summed E-state index contributed by atoms with van der Waals surface area (Å²) in [7, 11) is 0. The predicted octanol–water partition coefficient (Wildman–Crippen LogP) is 4.84. The van der Waals surface area contributed by atoms with E-state index in [0.29, 0.717) is 54.0 Å². The number of carbonyl (C=O) groups excluding carboxylic acids is 2. The van der Waals surface area contributed by atoms with Crippen LogP contribution in [0.1, 0.15) is 31.9 Å². The zero-order valence-electron chi connectivity index (χ0n) is 21.2. The number of hydrogen-bond donors (Lipinski definition) is 0. The van der Waals surface area contributed by atoms with E-state index in [1.54, 1.807) is 60.0 Å². The highest BCUT2D eigenvalue weighted by atomic mass is 32.2. The van der Waals surface area contributed by atoms with Gasteiger partial charge in [0.2, 0.25) is 5.91 Å². The molecule has 0 N–H and O–H groups in total. The number of aliphatic imine (C=N–C) groups is 1. The first-order valence-electron chi connectivity index (χ1n) is 12.5. The summed E-state index contributed by atoms with van der Waals surface area (Å²) in [6.45, 7) is 5.54. The van der Waals surface area contributed by atoms with E-state index in [2.05, 4.69) is 4.99 Å². The summed E-state index contributed by atoms with van der Waals surface area (Å²) in [6, 6.07) is 12.1. The van der Waals surface area contributed by atoms with Crippen LogP contribution in [0.4, 0.5) is 14.5 Å². The Hall–Kier alpha value is -3.66. The lowest BCUT2D eigenvalue weighted by Gasteiger charge is -2.38. The molecule has 198 valence electrons. The number of amidine groups is 1. The van der Waals surface area contributed by atoms with Gasteiger partial charge in [-0.15, -0.1) is 0 Å². The van der Waals surface area contributed by atoms with E-state index in [1.165, 1.54) is 23.9 Å². The molecule has 0 spiro atoms. The summed E-state index contributed by atoms with van der Waals surface area (Å²) in [5.74, 6) is -1.40. The number of rotatable bonds is 6. The van der Waals surface area contributed by atoms with Crippen molar-refractivity contribution in [2.75, 3.05) is 37.7 Å². The molecule has 38 heavy (non-hydrogen) atoms. The molecule has 0 bridgehead atoms. The van der Waals surface area contributed by atoms with Crippen LogP contribution >= 0.6 is 11.8 Å². The highest BCUT2D eigenvalue weighted by molar-refractivity contribution is 8.16. The molecule has 7 nitrogen and oxygen atoms in total. The second kappa shape index (κ2) is 11.0. The number of piperazine rings is 1. The molecule has 0 unspecified atom stereocenters. The Morgan fingerprint density at radius 3 is 2.39 bits per heavy atom. The van der Waals surface area contributed by atoms with Crippen LogP contribution in [0.2, 0.25) is 0 Å². The van der Waals surface area contributed by atoms with Crippen LogP contribution in [-0.2, 0) is 14.3 Å². The van der Waals surface area contributed by atoms with E-state index in [4.69, 9.17) is 4.74 Å². The van der Waals surface area contributed by atoms with Gasteiger partial charge in [0.05, 0.1) is 36.0 Å². The molecule has 5 rings (SSSR count). The van der Waals surface area contributed by atoms with Gasteiger partial charge >= 0.3 is 5.97 Å². The third-order valence-corrected chi connectivity index (χ3v) is 7.74. The van der Waals surface area contributed by atoms with Crippen LogP contribution < -0.4 is 4.90 Å². The molecule has 10 heteroatoms. The number of halogens is 2. The first-order chi connectivity index (χ1) is 18.4. The highest BCUT2D eigenvalue weighted by Crippen LogP contribution is 2.45. The van der Waals surface area contributed by atoms with Crippen molar-refractivity contribution in [2.45, 2.75) is 26.3 Å². The van der Waals surface area contributed by atoms with E-state index in [9.17, 15) is 14.0 Å². The van der Waals surface area contributed by atoms with Gasteiger partial charge in [0.15, 0.2) is 5.17 Å². The van der Waals surface area contributed by atoms with Gasteiger partial charge in [-0.05, 0) is 37.5 Å². The van der Waals surface area contributed by atoms with Gasteiger partial charge in [-0.2, -0.15) is 0 Å². The SMILES string of the molecule is CCOC(=O)C1=C(C)N=C2SC=C(CC(=O)N3CCN(c4ccccc4F)CC3)N2[C@H]1c1ccccc1F. The largest absolute Gasteiger partial charge is 0.463 e. The number of anilines is 1. The smallest absolute Gasteiger partial charge is 0.338 e. The van der Waals surface area contributed by atoms with Crippen molar-refractivity contribution in [2.24, 2.45) is 4.99 Å². The lowest BCUT2D eigenvalue weighted by Crippen LogP contribution is -2.49. The number of benzene rings is 2. The zero-order valence-corrected chi connectivity index (χ0v) is 22.0. The average Bonchev–Trinajstić information content (AvgIpc) is 3.30. The summed E-state index contributed by atoms with van der Waals surface area (Å²) in [4.78, 5) is 36.4. The molecule has 0 aromatic heterocycles. The van der Waals surface area contributed by atoms with Crippen LogP contribution in [-0.4, -0.2) is 59.6 Å². The molecule has 2 aromatic rings. The van der Waals surface area contributed by atoms with E-state index in [-0.39, 0.29) is 30.3 Å². The van der Waals surface area contributed by atoms with Crippen LogP contribution in [0.3, 0.4) is 0 Å². The van der Waals surface area contributed by atoms with Crippen molar-refractivity contribution >= 4 is 34.5 Å². The van der Waals surface area contributed by atoms with Gasteiger partial charge < -0.3 is 19.4 Å². The second-order valence-electron chi connectivity index (χ2n) is 9.13. The Balaban J connectivity index is 1.36. The first kappa shape index (κ1) is 26.0. The molecular formula is C28H28F2N4O3S. The van der Waals surface area contributed by atoms with Gasteiger partial charge in [-0.1, -0.05) is 42.1 Å². The maximum atomic E-state index is 15.1. The normalized spacial score (nSPS) is 19.3. The highest BCUT2D eigenvalue weighted by Gasteiger charge is 2.42. The molecule has 1 saturated heterocycles. The third-order valence-electron chi connectivity index (χ3n) is 6.85. The van der Waals surface area contributed by atoms with Crippen LogP contribution in [0.15, 0.2) is 75.9 Å². The minimum absolute atomic E-state index is 0.0613. The van der Waals surface area contributed by atoms with Crippen molar-refractivity contribution in [3.63, 3.8) is 0 Å². The molecule has 2 aromatic carbocycles. The van der Waals surface area contributed by atoms with Gasteiger partial charge in [-0.25, -0.2) is 18.6 Å².